The molecule has 4 heteroatoms. The van der Waals surface area contributed by atoms with E-state index in [2.05, 4.69) is 11.9 Å². The Labute approximate surface area is 124 Å². The molecule has 1 heterocycles. The van der Waals surface area contributed by atoms with Gasteiger partial charge in [0.05, 0.1) is 7.11 Å². The summed E-state index contributed by atoms with van der Waals surface area (Å²) in [6, 6.07) is 6.95. The van der Waals surface area contributed by atoms with Gasteiger partial charge in [0.15, 0.2) is 0 Å². The number of pyridine rings is 1. The highest BCUT2D eigenvalue weighted by molar-refractivity contribution is 5.80. The van der Waals surface area contributed by atoms with Crippen LogP contribution in [0.5, 0.6) is 11.5 Å². The number of aromatic nitrogens is 1. The van der Waals surface area contributed by atoms with Crippen LogP contribution in [-0.4, -0.2) is 17.2 Å². The molecule has 0 unspecified atom stereocenters. The van der Waals surface area contributed by atoms with E-state index in [4.69, 9.17) is 4.74 Å². The molecule has 0 saturated carbocycles. The summed E-state index contributed by atoms with van der Waals surface area (Å²) < 4.78 is 5.42. The quantitative estimate of drug-likeness (QED) is 0.886. The van der Waals surface area contributed by atoms with Gasteiger partial charge in [0.2, 0.25) is 0 Å². The Morgan fingerprint density at radius 3 is 2.71 bits per heavy atom. The number of aryl methyl sites for hydroxylation is 2. The van der Waals surface area contributed by atoms with Crippen LogP contribution in [0, 0.1) is 6.92 Å². The Morgan fingerprint density at radius 2 is 2.05 bits per heavy atom. The van der Waals surface area contributed by atoms with Crippen LogP contribution in [0.2, 0.25) is 0 Å². The van der Waals surface area contributed by atoms with E-state index in [1.807, 2.05) is 25.1 Å². The Kier molecular flexibility index (Phi) is 4.68. The number of hydrogen-bond acceptors (Lipinski definition) is 3. The Morgan fingerprint density at radius 1 is 1.29 bits per heavy atom. The van der Waals surface area contributed by atoms with E-state index in [0.29, 0.717) is 17.7 Å². The van der Waals surface area contributed by atoms with Gasteiger partial charge in [-0.3, -0.25) is 4.79 Å². The van der Waals surface area contributed by atoms with Crippen molar-refractivity contribution < 1.29 is 9.84 Å². The molecule has 0 aliphatic carbocycles. The fourth-order valence-corrected chi connectivity index (χ4v) is 2.55. The van der Waals surface area contributed by atoms with Crippen LogP contribution in [0.1, 0.15) is 31.0 Å². The smallest absolute Gasteiger partial charge is 0.251 e. The van der Waals surface area contributed by atoms with Crippen LogP contribution in [-0.2, 0) is 6.42 Å². The topological polar surface area (TPSA) is 62.3 Å². The lowest BCUT2D eigenvalue weighted by Crippen LogP contribution is -2.10. The highest BCUT2D eigenvalue weighted by Gasteiger charge is 2.18. The first-order valence-electron chi connectivity index (χ1n) is 7.17. The van der Waals surface area contributed by atoms with Crippen molar-refractivity contribution in [3.8, 4) is 22.6 Å². The van der Waals surface area contributed by atoms with E-state index in [0.717, 1.165) is 29.7 Å². The molecule has 21 heavy (non-hydrogen) atoms. The zero-order chi connectivity index (χ0) is 15.4. The van der Waals surface area contributed by atoms with Crippen molar-refractivity contribution in [1.29, 1.82) is 0 Å². The molecule has 112 valence electrons. The predicted octanol–water partition coefficient (Wildman–Crippen LogP) is 3.41. The first-order chi connectivity index (χ1) is 10.1. The molecule has 0 aliphatic heterocycles. The molecular weight excluding hydrogens is 266 g/mol. The fourth-order valence-electron chi connectivity index (χ4n) is 2.55. The molecule has 0 bridgehead atoms. The Bertz CT molecular complexity index is 689. The first kappa shape index (κ1) is 15.2. The molecule has 0 atom stereocenters. The first-order valence-corrected chi connectivity index (χ1v) is 7.17. The van der Waals surface area contributed by atoms with E-state index >= 15 is 0 Å². The molecule has 1 aromatic heterocycles. The third-order valence-electron chi connectivity index (χ3n) is 3.58. The molecule has 0 aliphatic rings. The van der Waals surface area contributed by atoms with Gasteiger partial charge in [-0.2, -0.15) is 0 Å². The SMILES string of the molecule is CCCCc1[nH]c(=O)cc(O)c1-c1c(C)cccc1OC. The number of nitrogens with one attached hydrogen (secondary N) is 1. The highest BCUT2D eigenvalue weighted by Crippen LogP contribution is 2.39. The number of ether oxygens (including phenoxy) is 1. The molecule has 0 fully saturated rings. The van der Waals surface area contributed by atoms with Crippen molar-refractivity contribution in [2.45, 2.75) is 33.1 Å². The second-order valence-corrected chi connectivity index (χ2v) is 5.13. The minimum Gasteiger partial charge on any atom is -0.507 e. The average molecular weight is 287 g/mol. The van der Waals surface area contributed by atoms with Gasteiger partial charge in [-0.15, -0.1) is 0 Å². The van der Waals surface area contributed by atoms with Gasteiger partial charge in [0.25, 0.3) is 5.56 Å². The van der Waals surface area contributed by atoms with Crippen LogP contribution in [0.25, 0.3) is 11.1 Å². The van der Waals surface area contributed by atoms with Crippen molar-refractivity contribution >= 4 is 0 Å². The van der Waals surface area contributed by atoms with Gasteiger partial charge in [0.1, 0.15) is 11.5 Å². The largest absolute Gasteiger partial charge is 0.507 e. The number of hydrogen-bond donors (Lipinski definition) is 2. The summed E-state index contributed by atoms with van der Waals surface area (Å²) in [7, 11) is 1.60. The summed E-state index contributed by atoms with van der Waals surface area (Å²) in [5, 5.41) is 10.3. The van der Waals surface area contributed by atoms with E-state index < -0.39 is 0 Å². The number of aromatic amines is 1. The summed E-state index contributed by atoms with van der Waals surface area (Å²) >= 11 is 0. The summed E-state index contributed by atoms with van der Waals surface area (Å²) in [5.41, 5.74) is 2.97. The summed E-state index contributed by atoms with van der Waals surface area (Å²) in [5.74, 6) is 0.688. The number of aromatic hydroxyl groups is 1. The van der Waals surface area contributed by atoms with Crippen LogP contribution in [0.3, 0.4) is 0 Å². The maximum atomic E-state index is 11.7. The normalized spacial score (nSPS) is 10.6. The number of methoxy groups -OCH3 is 1. The maximum Gasteiger partial charge on any atom is 0.251 e. The second-order valence-electron chi connectivity index (χ2n) is 5.13. The molecule has 1 aromatic carbocycles. The van der Waals surface area contributed by atoms with Crippen LogP contribution in [0.4, 0.5) is 0 Å². The second kappa shape index (κ2) is 6.48. The number of benzene rings is 1. The standard InChI is InChI=1S/C17H21NO3/c1-4-5-8-12-17(13(19)10-15(20)18-12)16-11(2)7-6-9-14(16)21-3/h6-7,9-10H,4-5,8H2,1-3H3,(H2,18,19,20). The molecule has 0 amide bonds. The lowest BCUT2D eigenvalue weighted by molar-refractivity contribution is 0.415. The Hall–Kier alpha value is -2.23. The van der Waals surface area contributed by atoms with E-state index in [1.165, 1.54) is 6.07 Å². The van der Waals surface area contributed by atoms with Crippen molar-refractivity contribution in [3.63, 3.8) is 0 Å². The van der Waals surface area contributed by atoms with Gasteiger partial charge in [-0.1, -0.05) is 25.5 Å². The lowest BCUT2D eigenvalue weighted by atomic mass is 9.95. The molecule has 0 spiro atoms. The van der Waals surface area contributed by atoms with Crippen LogP contribution in [0.15, 0.2) is 29.1 Å². The number of unbranched alkanes of at least 4 members (excludes halogenated alkanes) is 1. The molecular formula is C17H21NO3. The van der Waals surface area contributed by atoms with Crippen molar-refractivity contribution in [2.24, 2.45) is 0 Å². The zero-order valence-corrected chi connectivity index (χ0v) is 12.7. The molecule has 2 N–H and O–H groups in total. The Balaban J connectivity index is 2.71. The third kappa shape index (κ3) is 3.10. The predicted molar refractivity (Wildman–Crippen MR) is 84.1 cm³/mol. The number of rotatable bonds is 5. The van der Waals surface area contributed by atoms with E-state index in [1.54, 1.807) is 7.11 Å². The minimum atomic E-state index is -0.282. The van der Waals surface area contributed by atoms with Gasteiger partial charge < -0.3 is 14.8 Å². The maximum absolute atomic E-state index is 11.7. The van der Waals surface area contributed by atoms with Crippen LogP contribution >= 0.6 is 0 Å². The summed E-state index contributed by atoms with van der Waals surface area (Å²) in [6.45, 7) is 4.06. The van der Waals surface area contributed by atoms with E-state index in [-0.39, 0.29) is 11.3 Å². The van der Waals surface area contributed by atoms with Gasteiger partial charge in [0, 0.05) is 22.9 Å². The lowest BCUT2D eigenvalue weighted by Gasteiger charge is -2.16. The van der Waals surface area contributed by atoms with Gasteiger partial charge in [-0.05, 0) is 31.4 Å². The van der Waals surface area contributed by atoms with Gasteiger partial charge in [-0.25, -0.2) is 0 Å². The summed E-state index contributed by atoms with van der Waals surface area (Å²) in [4.78, 5) is 14.5. The summed E-state index contributed by atoms with van der Waals surface area (Å²) in [6.07, 6.45) is 2.68. The van der Waals surface area contributed by atoms with Crippen molar-refractivity contribution in [1.82, 2.24) is 4.98 Å². The monoisotopic (exact) mass is 287 g/mol. The number of H-pyrrole nitrogens is 1. The van der Waals surface area contributed by atoms with Crippen molar-refractivity contribution in [3.05, 3.63) is 45.9 Å². The third-order valence-corrected chi connectivity index (χ3v) is 3.58. The van der Waals surface area contributed by atoms with Crippen LogP contribution < -0.4 is 10.3 Å². The van der Waals surface area contributed by atoms with E-state index in [9.17, 15) is 9.90 Å². The zero-order valence-electron chi connectivity index (χ0n) is 12.7. The minimum absolute atomic E-state index is 0.00236. The average Bonchev–Trinajstić information content (AvgIpc) is 2.45. The highest BCUT2D eigenvalue weighted by atomic mass is 16.5. The molecule has 0 saturated heterocycles. The molecule has 2 rings (SSSR count). The molecule has 4 nitrogen and oxygen atoms in total. The van der Waals surface area contributed by atoms with Crippen molar-refractivity contribution in [2.75, 3.05) is 7.11 Å². The fraction of sp³-hybridized carbons (Fsp3) is 0.353. The molecule has 2 aromatic rings. The molecule has 0 radical (unpaired) electrons. The van der Waals surface area contributed by atoms with Gasteiger partial charge >= 0.3 is 0 Å².